The highest BCUT2D eigenvalue weighted by Crippen LogP contribution is 2.29. The summed E-state index contributed by atoms with van der Waals surface area (Å²) in [5, 5.41) is 19.2. The van der Waals surface area contributed by atoms with E-state index >= 15 is 0 Å². The number of methoxy groups -OCH3 is 1. The summed E-state index contributed by atoms with van der Waals surface area (Å²) in [6.45, 7) is 5.96. The maximum absolute atomic E-state index is 11.0. The molecule has 0 aliphatic carbocycles. The van der Waals surface area contributed by atoms with E-state index in [1.54, 1.807) is 18.7 Å². The highest BCUT2D eigenvalue weighted by Gasteiger charge is 2.36. The van der Waals surface area contributed by atoms with Crippen molar-refractivity contribution in [3.05, 3.63) is 23.0 Å². The fourth-order valence-electron chi connectivity index (χ4n) is 3.52. The molecule has 0 aromatic carbocycles. The van der Waals surface area contributed by atoms with Gasteiger partial charge in [-0.3, -0.25) is 4.90 Å². The number of hydrogen-bond acceptors (Lipinski definition) is 7. The quantitative estimate of drug-likeness (QED) is 0.872. The van der Waals surface area contributed by atoms with E-state index in [1.165, 1.54) is 0 Å². The van der Waals surface area contributed by atoms with Crippen molar-refractivity contribution < 1.29 is 14.4 Å². The minimum absolute atomic E-state index is 0.382. The largest absolute Gasteiger partial charge is 0.481 e. The first-order chi connectivity index (χ1) is 11.4. The first kappa shape index (κ1) is 16.9. The minimum atomic E-state index is -0.847. The van der Waals surface area contributed by atoms with Gasteiger partial charge in [0.25, 0.3) is 0 Å². The average molecular weight is 335 g/mol. The SMILES string of the molecule is COc1c(CN2CCCC(O)(Cc3nc(C)no3)C2)c(C)nn1C. The van der Waals surface area contributed by atoms with Gasteiger partial charge in [-0.15, -0.1) is 0 Å². The first-order valence-corrected chi connectivity index (χ1v) is 8.20. The average Bonchev–Trinajstić information content (AvgIpc) is 3.02. The molecule has 1 fully saturated rings. The minimum Gasteiger partial charge on any atom is -0.481 e. The molecule has 1 aliphatic rings. The number of aliphatic hydroxyl groups is 1. The molecule has 0 saturated carbocycles. The monoisotopic (exact) mass is 335 g/mol. The van der Waals surface area contributed by atoms with Crippen LogP contribution in [0.3, 0.4) is 0 Å². The normalized spacial score (nSPS) is 22.0. The molecule has 3 heterocycles. The van der Waals surface area contributed by atoms with Crippen LogP contribution in [-0.4, -0.2) is 55.7 Å². The molecule has 0 bridgehead atoms. The van der Waals surface area contributed by atoms with E-state index in [9.17, 15) is 5.11 Å². The van der Waals surface area contributed by atoms with Crippen molar-refractivity contribution in [2.24, 2.45) is 7.05 Å². The van der Waals surface area contributed by atoms with Crippen LogP contribution in [0.1, 0.15) is 35.8 Å². The standard InChI is InChI=1S/C16H25N5O3/c1-11-13(15(23-4)20(3)18-11)9-21-7-5-6-16(22,10-21)8-14-17-12(2)19-24-14/h22H,5-10H2,1-4H3. The number of rotatable bonds is 5. The molecule has 8 heteroatoms. The van der Waals surface area contributed by atoms with Crippen LogP contribution in [-0.2, 0) is 20.0 Å². The van der Waals surface area contributed by atoms with Crippen LogP contribution < -0.4 is 4.74 Å². The Morgan fingerprint density at radius 2 is 2.17 bits per heavy atom. The Morgan fingerprint density at radius 1 is 1.38 bits per heavy atom. The maximum atomic E-state index is 11.0. The summed E-state index contributed by atoms with van der Waals surface area (Å²) in [6.07, 6.45) is 2.03. The lowest BCUT2D eigenvalue weighted by Crippen LogP contribution is -2.49. The predicted molar refractivity (Wildman–Crippen MR) is 86.7 cm³/mol. The van der Waals surface area contributed by atoms with Crippen molar-refractivity contribution >= 4 is 0 Å². The van der Waals surface area contributed by atoms with E-state index in [0.29, 0.717) is 31.2 Å². The number of β-amino-alcohol motifs (C(OH)–C–C–N with tert-alkyl or cyclic N) is 1. The summed E-state index contributed by atoms with van der Waals surface area (Å²) in [4.78, 5) is 6.45. The van der Waals surface area contributed by atoms with Crippen LogP contribution in [0.4, 0.5) is 0 Å². The highest BCUT2D eigenvalue weighted by molar-refractivity contribution is 5.30. The zero-order chi connectivity index (χ0) is 17.3. The van der Waals surface area contributed by atoms with Gasteiger partial charge in [-0.05, 0) is 33.2 Å². The van der Waals surface area contributed by atoms with Crippen LogP contribution in [0, 0.1) is 13.8 Å². The molecule has 0 spiro atoms. The van der Waals surface area contributed by atoms with E-state index in [0.717, 1.165) is 36.5 Å². The molecule has 1 atom stereocenters. The Labute approximate surface area is 141 Å². The van der Waals surface area contributed by atoms with Crippen LogP contribution in [0.25, 0.3) is 0 Å². The summed E-state index contributed by atoms with van der Waals surface area (Å²) >= 11 is 0. The number of hydrogen-bond donors (Lipinski definition) is 1. The van der Waals surface area contributed by atoms with Crippen molar-refractivity contribution in [3.63, 3.8) is 0 Å². The lowest BCUT2D eigenvalue weighted by atomic mass is 9.89. The molecule has 1 saturated heterocycles. The summed E-state index contributed by atoms with van der Waals surface area (Å²) < 4.78 is 12.4. The van der Waals surface area contributed by atoms with Gasteiger partial charge in [0.05, 0.1) is 30.4 Å². The lowest BCUT2D eigenvalue weighted by Gasteiger charge is -2.38. The van der Waals surface area contributed by atoms with Crippen LogP contribution in [0.2, 0.25) is 0 Å². The molecular formula is C16H25N5O3. The lowest BCUT2D eigenvalue weighted by molar-refractivity contribution is -0.0375. The second-order valence-electron chi connectivity index (χ2n) is 6.65. The fraction of sp³-hybridized carbons (Fsp3) is 0.688. The number of ether oxygens (including phenoxy) is 1. The summed E-state index contributed by atoms with van der Waals surface area (Å²) in [5.74, 6) is 1.86. The molecule has 1 aliphatic heterocycles. The Morgan fingerprint density at radius 3 is 2.83 bits per heavy atom. The molecule has 2 aromatic heterocycles. The Bertz CT molecular complexity index is 711. The van der Waals surface area contributed by atoms with Crippen molar-refractivity contribution in [2.75, 3.05) is 20.2 Å². The number of aryl methyl sites for hydroxylation is 3. The Kier molecular flexibility index (Phi) is 4.60. The number of likely N-dealkylation sites (tertiary alicyclic amines) is 1. The molecule has 1 unspecified atom stereocenters. The van der Waals surface area contributed by atoms with Gasteiger partial charge in [-0.25, -0.2) is 4.68 Å². The van der Waals surface area contributed by atoms with Crippen LogP contribution in [0.5, 0.6) is 5.88 Å². The Hall–Kier alpha value is -1.93. The molecule has 24 heavy (non-hydrogen) atoms. The second-order valence-corrected chi connectivity index (χ2v) is 6.65. The van der Waals surface area contributed by atoms with Crippen molar-refractivity contribution in [3.8, 4) is 5.88 Å². The van der Waals surface area contributed by atoms with Gasteiger partial charge in [0.1, 0.15) is 0 Å². The number of aromatic nitrogens is 4. The first-order valence-electron chi connectivity index (χ1n) is 8.20. The summed E-state index contributed by atoms with van der Waals surface area (Å²) in [5.41, 5.74) is 1.18. The van der Waals surface area contributed by atoms with Crippen molar-refractivity contribution in [1.82, 2.24) is 24.8 Å². The van der Waals surface area contributed by atoms with E-state index in [-0.39, 0.29) is 0 Å². The third kappa shape index (κ3) is 3.44. The zero-order valence-corrected chi connectivity index (χ0v) is 14.7. The van der Waals surface area contributed by atoms with Gasteiger partial charge >= 0.3 is 0 Å². The van der Waals surface area contributed by atoms with E-state index in [4.69, 9.17) is 9.26 Å². The Balaban J connectivity index is 1.71. The maximum Gasteiger partial charge on any atom is 0.229 e. The van der Waals surface area contributed by atoms with Gasteiger partial charge in [0.2, 0.25) is 11.8 Å². The van der Waals surface area contributed by atoms with Gasteiger partial charge < -0.3 is 14.4 Å². The third-order valence-electron chi connectivity index (χ3n) is 4.55. The molecule has 132 valence electrons. The number of nitrogens with zero attached hydrogens (tertiary/aromatic N) is 5. The molecule has 1 N–H and O–H groups in total. The molecule has 0 radical (unpaired) electrons. The van der Waals surface area contributed by atoms with Crippen LogP contribution in [0.15, 0.2) is 4.52 Å². The molecule has 3 rings (SSSR count). The van der Waals surface area contributed by atoms with Gasteiger partial charge in [0, 0.05) is 20.1 Å². The zero-order valence-electron chi connectivity index (χ0n) is 14.7. The molecule has 8 nitrogen and oxygen atoms in total. The number of piperidine rings is 1. The highest BCUT2D eigenvalue weighted by atomic mass is 16.5. The predicted octanol–water partition coefficient (Wildman–Crippen LogP) is 0.998. The topological polar surface area (TPSA) is 89.4 Å². The fourth-order valence-corrected chi connectivity index (χ4v) is 3.52. The van der Waals surface area contributed by atoms with E-state index < -0.39 is 5.60 Å². The third-order valence-corrected chi connectivity index (χ3v) is 4.55. The molecule has 0 amide bonds. The smallest absolute Gasteiger partial charge is 0.229 e. The van der Waals surface area contributed by atoms with E-state index in [1.807, 2.05) is 14.0 Å². The summed E-state index contributed by atoms with van der Waals surface area (Å²) in [6, 6.07) is 0. The van der Waals surface area contributed by atoms with Crippen molar-refractivity contribution in [1.29, 1.82) is 0 Å². The van der Waals surface area contributed by atoms with Gasteiger partial charge in [-0.1, -0.05) is 5.16 Å². The molecular weight excluding hydrogens is 310 g/mol. The van der Waals surface area contributed by atoms with Gasteiger partial charge in [-0.2, -0.15) is 10.1 Å². The van der Waals surface area contributed by atoms with Gasteiger partial charge in [0.15, 0.2) is 5.82 Å². The van der Waals surface area contributed by atoms with E-state index in [2.05, 4.69) is 20.1 Å². The molecule has 2 aromatic rings. The van der Waals surface area contributed by atoms with Crippen LogP contribution >= 0.6 is 0 Å². The second kappa shape index (κ2) is 6.52. The summed E-state index contributed by atoms with van der Waals surface area (Å²) in [7, 11) is 3.53. The van der Waals surface area contributed by atoms with Crippen molar-refractivity contribution in [2.45, 2.75) is 45.3 Å².